The fourth-order valence-corrected chi connectivity index (χ4v) is 1.87. The van der Waals surface area contributed by atoms with Gasteiger partial charge in [0, 0.05) is 16.6 Å². The molecular weight excluding hydrogens is 351 g/mol. The Morgan fingerprint density at radius 3 is 2.24 bits per heavy atom. The SMILES string of the molecule is O=[N+]([O-])c1ccc(Oc2ccc(Br)cc2[N+](=O)[O-])c(F)c1. The van der Waals surface area contributed by atoms with E-state index in [1.165, 1.54) is 18.2 Å². The van der Waals surface area contributed by atoms with E-state index in [1.54, 1.807) is 0 Å². The molecule has 2 rings (SSSR count). The highest BCUT2D eigenvalue weighted by atomic mass is 79.9. The first-order valence-electron chi connectivity index (χ1n) is 5.44. The van der Waals surface area contributed by atoms with Crippen molar-refractivity contribution < 1.29 is 19.0 Å². The van der Waals surface area contributed by atoms with E-state index < -0.39 is 21.4 Å². The van der Waals surface area contributed by atoms with E-state index in [4.69, 9.17) is 4.74 Å². The molecule has 21 heavy (non-hydrogen) atoms. The topological polar surface area (TPSA) is 95.5 Å². The number of non-ortho nitro benzene ring substituents is 1. The van der Waals surface area contributed by atoms with Crippen molar-refractivity contribution in [3.8, 4) is 11.5 Å². The number of nitrogens with zero attached hydrogens (tertiary/aromatic N) is 2. The highest BCUT2D eigenvalue weighted by Gasteiger charge is 2.19. The molecule has 0 aliphatic carbocycles. The molecule has 2 aromatic rings. The lowest BCUT2D eigenvalue weighted by Crippen LogP contribution is -1.96. The van der Waals surface area contributed by atoms with Crippen LogP contribution in [0.1, 0.15) is 0 Å². The van der Waals surface area contributed by atoms with Crippen molar-refractivity contribution in [3.63, 3.8) is 0 Å². The molecule has 0 N–H and O–H groups in total. The maximum Gasteiger partial charge on any atom is 0.312 e. The first-order valence-corrected chi connectivity index (χ1v) is 6.23. The molecular formula is C12H6BrFN2O5. The first kappa shape index (κ1) is 14.9. The second-order valence-corrected chi connectivity index (χ2v) is 4.76. The van der Waals surface area contributed by atoms with Crippen LogP contribution < -0.4 is 4.74 Å². The van der Waals surface area contributed by atoms with Gasteiger partial charge in [0.1, 0.15) is 0 Å². The summed E-state index contributed by atoms with van der Waals surface area (Å²) in [4.78, 5) is 20.0. The minimum absolute atomic E-state index is 0.170. The highest BCUT2D eigenvalue weighted by molar-refractivity contribution is 9.10. The van der Waals surface area contributed by atoms with Crippen LogP contribution in [0.5, 0.6) is 11.5 Å². The molecule has 7 nitrogen and oxygen atoms in total. The molecule has 108 valence electrons. The van der Waals surface area contributed by atoms with Gasteiger partial charge in [0.15, 0.2) is 11.6 Å². The van der Waals surface area contributed by atoms with Crippen molar-refractivity contribution in [1.82, 2.24) is 0 Å². The molecule has 0 bridgehead atoms. The summed E-state index contributed by atoms with van der Waals surface area (Å²) in [6.07, 6.45) is 0. The molecule has 0 atom stereocenters. The number of hydrogen-bond donors (Lipinski definition) is 0. The Kier molecular flexibility index (Phi) is 4.13. The van der Waals surface area contributed by atoms with Gasteiger partial charge in [-0.15, -0.1) is 0 Å². The van der Waals surface area contributed by atoms with Gasteiger partial charge in [0.25, 0.3) is 5.69 Å². The maximum atomic E-state index is 13.7. The molecule has 0 unspecified atom stereocenters. The van der Waals surface area contributed by atoms with E-state index in [0.717, 1.165) is 12.1 Å². The summed E-state index contributed by atoms with van der Waals surface area (Å²) in [5.41, 5.74) is -0.799. The third kappa shape index (κ3) is 3.31. The second-order valence-electron chi connectivity index (χ2n) is 3.84. The van der Waals surface area contributed by atoms with Crippen LogP contribution in [0, 0.1) is 26.0 Å². The fourth-order valence-electron chi connectivity index (χ4n) is 1.52. The fraction of sp³-hybridized carbons (Fsp3) is 0. The van der Waals surface area contributed by atoms with Gasteiger partial charge in [-0.05, 0) is 18.2 Å². The molecule has 0 aliphatic rings. The number of nitro groups is 2. The Hall–Kier alpha value is -2.55. The number of halogens is 2. The molecule has 0 fully saturated rings. The number of rotatable bonds is 4. The van der Waals surface area contributed by atoms with Crippen molar-refractivity contribution in [2.45, 2.75) is 0 Å². The molecule has 9 heteroatoms. The monoisotopic (exact) mass is 356 g/mol. The minimum atomic E-state index is -0.985. The molecule has 2 aromatic carbocycles. The smallest absolute Gasteiger partial charge is 0.312 e. The van der Waals surface area contributed by atoms with Gasteiger partial charge >= 0.3 is 5.69 Å². The van der Waals surface area contributed by atoms with Gasteiger partial charge in [-0.25, -0.2) is 4.39 Å². The Morgan fingerprint density at radius 1 is 1.00 bits per heavy atom. The van der Waals surface area contributed by atoms with Crippen LogP contribution in [0.3, 0.4) is 0 Å². The average Bonchev–Trinajstić information content (AvgIpc) is 2.42. The molecule has 0 heterocycles. The van der Waals surface area contributed by atoms with Gasteiger partial charge in [-0.2, -0.15) is 0 Å². The van der Waals surface area contributed by atoms with E-state index in [0.29, 0.717) is 10.5 Å². The third-order valence-electron chi connectivity index (χ3n) is 2.46. The van der Waals surface area contributed by atoms with E-state index in [-0.39, 0.29) is 17.2 Å². The third-order valence-corrected chi connectivity index (χ3v) is 2.96. The van der Waals surface area contributed by atoms with Crippen molar-refractivity contribution in [1.29, 1.82) is 0 Å². The zero-order valence-corrected chi connectivity index (χ0v) is 11.7. The predicted octanol–water partition coefficient (Wildman–Crippen LogP) is 4.20. The quantitative estimate of drug-likeness (QED) is 0.604. The van der Waals surface area contributed by atoms with Crippen molar-refractivity contribution >= 4 is 27.3 Å². The second kappa shape index (κ2) is 5.83. The number of nitro benzene ring substituents is 2. The van der Waals surface area contributed by atoms with Crippen molar-refractivity contribution in [2.75, 3.05) is 0 Å². The zero-order valence-electron chi connectivity index (χ0n) is 10.2. The van der Waals surface area contributed by atoms with Crippen LogP contribution in [-0.4, -0.2) is 9.85 Å². The maximum absolute atomic E-state index is 13.7. The van der Waals surface area contributed by atoms with Crippen molar-refractivity contribution in [2.24, 2.45) is 0 Å². The van der Waals surface area contributed by atoms with Gasteiger partial charge in [0.2, 0.25) is 5.75 Å². The Balaban J connectivity index is 2.39. The van der Waals surface area contributed by atoms with Crippen LogP contribution in [-0.2, 0) is 0 Å². The molecule has 0 amide bonds. The lowest BCUT2D eigenvalue weighted by Gasteiger charge is -2.07. The summed E-state index contributed by atoms with van der Waals surface area (Å²) in [6, 6.07) is 6.76. The van der Waals surface area contributed by atoms with E-state index in [1.807, 2.05) is 0 Å². The summed E-state index contributed by atoms with van der Waals surface area (Å²) < 4.78 is 19.3. The van der Waals surface area contributed by atoms with Gasteiger partial charge in [0.05, 0.1) is 15.9 Å². The molecule has 0 saturated carbocycles. The van der Waals surface area contributed by atoms with Crippen LogP contribution >= 0.6 is 15.9 Å². The summed E-state index contributed by atoms with van der Waals surface area (Å²) in [5.74, 6) is -1.50. The van der Waals surface area contributed by atoms with E-state index in [9.17, 15) is 24.6 Å². The number of hydrogen-bond acceptors (Lipinski definition) is 5. The molecule has 0 aliphatic heterocycles. The first-order chi connectivity index (χ1) is 9.88. The zero-order chi connectivity index (χ0) is 15.6. The molecule has 0 aromatic heterocycles. The largest absolute Gasteiger partial charge is 0.447 e. The Labute approximate surface area is 125 Å². The van der Waals surface area contributed by atoms with Crippen LogP contribution in [0.4, 0.5) is 15.8 Å². The molecule has 0 spiro atoms. The summed E-state index contributed by atoms with van der Waals surface area (Å²) >= 11 is 3.08. The van der Waals surface area contributed by atoms with Crippen LogP contribution in [0.25, 0.3) is 0 Å². The van der Waals surface area contributed by atoms with Crippen LogP contribution in [0.2, 0.25) is 0 Å². The number of benzene rings is 2. The Morgan fingerprint density at radius 2 is 1.67 bits per heavy atom. The predicted molar refractivity (Wildman–Crippen MR) is 73.9 cm³/mol. The van der Waals surface area contributed by atoms with Gasteiger partial charge < -0.3 is 4.74 Å². The Bertz CT molecular complexity index is 738. The average molecular weight is 357 g/mol. The van der Waals surface area contributed by atoms with Crippen molar-refractivity contribution in [3.05, 3.63) is 66.9 Å². The highest BCUT2D eigenvalue weighted by Crippen LogP contribution is 2.35. The summed E-state index contributed by atoms with van der Waals surface area (Å²) in [7, 11) is 0. The van der Waals surface area contributed by atoms with E-state index in [2.05, 4.69) is 15.9 Å². The molecule has 0 radical (unpaired) electrons. The lowest BCUT2D eigenvalue weighted by atomic mass is 10.2. The standard InChI is InChI=1S/C12H6BrFN2O5/c13-7-1-3-12(10(5-7)16(19)20)21-11-4-2-8(15(17)18)6-9(11)14/h1-6H. The van der Waals surface area contributed by atoms with Gasteiger partial charge in [-0.3, -0.25) is 20.2 Å². The van der Waals surface area contributed by atoms with Gasteiger partial charge in [-0.1, -0.05) is 15.9 Å². The minimum Gasteiger partial charge on any atom is -0.447 e. The normalized spacial score (nSPS) is 10.2. The number of ether oxygens (including phenoxy) is 1. The summed E-state index contributed by atoms with van der Waals surface area (Å²) in [5, 5.41) is 21.4. The molecule has 0 saturated heterocycles. The van der Waals surface area contributed by atoms with E-state index >= 15 is 0 Å². The van der Waals surface area contributed by atoms with Crippen LogP contribution in [0.15, 0.2) is 40.9 Å². The summed E-state index contributed by atoms with van der Waals surface area (Å²) in [6.45, 7) is 0. The lowest BCUT2D eigenvalue weighted by molar-refractivity contribution is -0.385.